The number of aromatic nitrogens is 3. The topological polar surface area (TPSA) is 68.2 Å². The molecule has 2 aromatic heterocycles. The van der Waals surface area contributed by atoms with Crippen LogP contribution in [-0.2, 0) is 6.42 Å². The molecule has 4 rings (SSSR count). The fourth-order valence-electron chi connectivity index (χ4n) is 3.04. The van der Waals surface area contributed by atoms with E-state index >= 15 is 0 Å². The number of rotatable bonds is 2. The van der Waals surface area contributed by atoms with E-state index in [1.165, 1.54) is 11.1 Å². The smallest absolute Gasteiger partial charge is 0.243 e. The number of nitrogen functional groups attached to an aromatic ring is 1. The highest BCUT2D eigenvalue weighted by Crippen LogP contribution is 2.34. The zero-order chi connectivity index (χ0) is 14.4. The van der Waals surface area contributed by atoms with Crippen molar-refractivity contribution in [2.24, 2.45) is 0 Å². The van der Waals surface area contributed by atoms with E-state index in [-0.39, 0.29) is 6.04 Å². The summed E-state index contributed by atoms with van der Waals surface area (Å²) in [6.45, 7) is 2.04. The normalized spacial score (nSPS) is 17.1. The summed E-state index contributed by atoms with van der Waals surface area (Å²) in [5, 5.41) is 7.95. The first-order valence-corrected chi connectivity index (χ1v) is 7.17. The summed E-state index contributed by atoms with van der Waals surface area (Å²) in [6, 6.07) is 10.4. The molecule has 1 atom stereocenters. The summed E-state index contributed by atoms with van der Waals surface area (Å²) in [5.74, 6) is 0.680. The Morgan fingerprint density at radius 3 is 3.10 bits per heavy atom. The van der Waals surface area contributed by atoms with Gasteiger partial charge in [-0.3, -0.25) is 0 Å². The third kappa shape index (κ3) is 2.01. The van der Waals surface area contributed by atoms with Gasteiger partial charge in [0.1, 0.15) is 0 Å². The van der Waals surface area contributed by atoms with Crippen LogP contribution in [0.15, 0.2) is 36.5 Å². The lowest BCUT2D eigenvalue weighted by atomic mass is 10.1. The summed E-state index contributed by atoms with van der Waals surface area (Å²) >= 11 is 0. The summed E-state index contributed by atoms with van der Waals surface area (Å²) < 4.78 is 1.82. The number of nitrogens with two attached hydrogens (primary N) is 1. The maximum absolute atomic E-state index is 5.85. The highest BCUT2D eigenvalue weighted by molar-refractivity contribution is 5.52. The van der Waals surface area contributed by atoms with Crippen molar-refractivity contribution in [2.45, 2.75) is 25.8 Å². The molecule has 3 aromatic rings. The first-order chi connectivity index (χ1) is 10.2. The second-order valence-electron chi connectivity index (χ2n) is 5.59. The number of pyridine rings is 1. The highest BCUT2D eigenvalue weighted by Gasteiger charge is 2.23. The van der Waals surface area contributed by atoms with E-state index in [1.807, 2.05) is 35.8 Å². The molecule has 2 heterocycles. The zero-order valence-corrected chi connectivity index (χ0v) is 11.9. The van der Waals surface area contributed by atoms with E-state index in [2.05, 4.69) is 27.5 Å². The molecule has 0 aliphatic heterocycles. The molecule has 0 radical (unpaired) electrons. The predicted molar refractivity (Wildman–Crippen MR) is 83.3 cm³/mol. The van der Waals surface area contributed by atoms with E-state index in [0.29, 0.717) is 5.95 Å². The molecule has 0 amide bonds. The van der Waals surface area contributed by atoms with Crippen molar-refractivity contribution in [2.75, 3.05) is 11.1 Å². The van der Waals surface area contributed by atoms with E-state index in [4.69, 9.17) is 5.73 Å². The highest BCUT2D eigenvalue weighted by atomic mass is 15.3. The lowest BCUT2D eigenvalue weighted by molar-refractivity contribution is 0.750. The van der Waals surface area contributed by atoms with Gasteiger partial charge < -0.3 is 11.1 Å². The summed E-state index contributed by atoms with van der Waals surface area (Å²) in [4.78, 5) is 4.58. The van der Waals surface area contributed by atoms with Crippen LogP contribution >= 0.6 is 0 Å². The molecule has 0 fully saturated rings. The number of fused-ring (bicyclic) bond motifs is 2. The number of nitrogens with one attached hydrogen (secondary N) is 1. The fourth-order valence-corrected chi connectivity index (χ4v) is 3.04. The van der Waals surface area contributed by atoms with Crippen LogP contribution in [0.3, 0.4) is 0 Å². The van der Waals surface area contributed by atoms with Gasteiger partial charge in [0.25, 0.3) is 0 Å². The van der Waals surface area contributed by atoms with Crippen molar-refractivity contribution in [3.63, 3.8) is 0 Å². The van der Waals surface area contributed by atoms with Crippen LogP contribution in [0.4, 0.5) is 11.6 Å². The Kier molecular flexibility index (Phi) is 2.60. The number of hydrogen-bond donors (Lipinski definition) is 2. The Morgan fingerprint density at radius 1 is 1.33 bits per heavy atom. The number of aryl methyl sites for hydroxylation is 2. The van der Waals surface area contributed by atoms with Crippen molar-refractivity contribution in [3.8, 4) is 0 Å². The third-order valence-corrected chi connectivity index (χ3v) is 4.11. The van der Waals surface area contributed by atoms with Gasteiger partial charge in [0.2, 0.25) is 5.95 Å². The quantitative estimate of drug-likeness (QED) is 0.708. The molecule has 0 spiro atoms. The van der Waals surface area contributed by atoms with E-state index in [1.54, 1.807) is 0 Å². The minimum Gasteiger partial charge on any atom is -0.399 e. The molecule has 1 aromatic carbocycles. The van der Waals surface area contributed by atoms with Crippen LogP contribution in [-0.4, -0.2) is 14.6 Å². The Morgan fingerprint density at radius 2 is 2.24 bits per heavy atom. The van der Waals surface area contributed by atoms with Crippen LogP contribution in [0, 0.1) is 6.92 Å². The summed E-state index contributed by atoms with van der Waals surface area (Å²) in [5.41, 5.74) is 11.3. The second-order valence-corrected chi connectivity index (χ2v) is 5.59. The molecule has 5 heteroatoms. The van der Waals surface area contributed by atoms with Crippen LogP contribution < -0.4 is 11.1 Å². The van der Waals surface area contributed by atoms with Gasteiger partial charge in [-0.1, -0.05) is 12.1 Å². The Balaban J connectivity index is 1.66. The van der Waals surface area contributed by atoms with Crippen molar-refractivity contribution < 1.29 is 0 Å². The second kappa shape index (κ2) is 4.48. The van der Waals surface area contributed by atoms with E-state index < -0.39 is 0 Å². The fraction of sp³-hybridized carbons (Fsp3) is 0.250. The maximum atomic E-state index is 5.85. The molecule has 1 aliphatic carbocycles. The predicted octanol–water partition coefficient (Wildman–Crippen LogP) is 2.72. The molecule has 0 bridgehead atoms. The molecular weight excluding hydrogens is 262 g/mol. The minimum absolute atomic E-state index is 0.262. The third-order valence-electron chi connectivity index (χ3n) is 4.11. The number of benzene rings is 1. The van der Waals surface area contributed by atoms with Gasteiger partial charge >= 0.3 is 0 Å². The standard InChI is InChI=1S/C16H17N5/c1-10-3-2-8-21-15(10)19-16(20-21)18-14-7-4-11-9-12(17)5-6-13(11)14/h2-3,5-6,8-9,14H,4,7,17H2,1H3,(H,18,20). The van der Waals surface area contributed by atoms with Crippen LogP contribution in [0.1, 0.15) is 29.2 Å². The van der Waals surface area contributed by atoms with Gasteiger partial charge in [-0.05, 0) is 54.7 Å². The summed E-state index contributed by atoms with van der Waals surface area (Å²) in [7, 11) is 0. The lowest BCUT2D eigenvalue weighted by Gasteiger charge is -2.12. The van der Waals surface area contributed by atoms with Crippen molar-refractivity contribution >= 4 is 17.3 Å². The molecule has 5 nitrogen and oxygen atoms in total. The van der Waals surface area contributed by atoms with Gasteiger partial charge in [-0.25, -0.2) is 4.52 Å². The van der Waals surface area contributed by atoms with Crippen LogP contribution in [0.5, 0.6) is 0 Å². The Labute approximate surface area is 122 Å². The molecular formula is C16H17N5. The van der Waals surface area contributed by atoms with Crippen LogP contribution in [0.2, 0.25) is 0 Å². The first kappa shape index (κ1) is 12.2. The van der Waals surface area contributed by atoms with Crippen molar-refractivity contribution in [3.05, 3.63) is 53.2 Å². The Hall–Kier alpha value is -2.56. The zero-order valence-electron chi connectivity index (χ0n) is 11.9. The summed E-state index contributed by atoms with van der Waals surface area (Å²) in [6.07, 6.45) is 4.02. The molecule has 21 heavy (non-hydrogen) atoms. The minimum atomic E-state index is 0.262. The molecule has 1 unspecified atom stereocenters. The monoisotopic (exact) mass is 279 g/mol. The largest absolute Gasteiger partial charge is 0.399 e. The number of anilines is 2. The molecule has 3 N–H and O–H groups in total. The Bertz CT molecular complexity index is 821. The van der Waals surface area contributed by atoms with E-state index in [9.17, 15) is 0 Å². The molecule has 0 saturated heterocycles. The van der Waals surface area contributed by atoms with Gasteiger partial charge in [-0.2, -0.15) is 4.98 Å². The number of nitrogens with zero attached hydrogens (tertiary/aromatic N) is 3. The number of hydrogen-bond acceptors (Lipinski definition) is 4. The SMILES string of the molecule is Cc1cccn2nc(NC3CCc4cc(N)ccc43)nc12. The van der Waals surface area contributed by atoms with Crippen molar-refractivity contribution in [1.82, 2.24) is 14.6 Å². The average molecular weight is 279 g/mol. The first-order valence-electron chi connectivity index (χ1n) is 7.17. The van der Waals surface area contributed by atoms with Gasteiger partial charge in [-0.15, -0.1) is 5.10 Å². The van der Waals surface area contributed by atoms with Crippen LogP contribution in [0.25, 0.3) is 5.65 Å². The van der Waals surface area contributed by atoms with Gasteiger partial charge in [0.15, 0.2) is 5.65 Å². The van der Waals surface area contributed by atoms with E-state index in [0.717, 1.165) is 29.7 Å². The maximum Gasteiger partial charge on any atom is 0.243 e. The molecule has 1 aliphatic rings. The molecule has 0 saturated carbocycles. The molecule has 106 valence electrons. The van der Waals surface area contributed by atoms with Crippen molar-refractivity contribution in [1.29, 1.82) is 0 Å². The van der Waals surface area contributed by atoms with Gasteiger partial charge in [0, 0.05) is 11.9 Å². The average Bonchev–Trinajstić information content (AvgIpc) is 3.04. The lowest BCUT2D eigenvalue weighted by Crippen LogP contribution is -2.08. The van der Waals surface area contributed by atoms with Gasteiger partial charge in [0.05, 0.1) is 6.04 Å².